The number of hydrogen-bond donors (Lipinski definition) is 0. The summed E-state index contributed by atoms with van der Waals surface area (Å²) in [5, 5.41) is 0. The third-order valence-electron chi connectivity index (χ3n) is 9.25. The molecule has 2 aliphatic carbocycles. The molecule has 0 heterocycles. The summed E-state index contributed by atoms with van der Waals surface area (Å²) < 4.78 is 16.6. The van der Waals surface area contributed by atoms with Crippen molar-refractivity contribution in [2.75, 3.05) is 13.2 Å². The molecule has 0 fully saturated rings. The maximum Gasteiger partial charge on any atom is -1.00 e. The van der Waals surface area contributed by atoms with E-state index < -0.39 is 21.3 Å². The maximum atomic E-state index is 5.90. The summed E-state index contributed by atoms with van der Waals surface area (Å²) in [5.41, 5.74) is 11.5. The van der Waals surface area contributed by atoms with Gasteiger partial charge in [0.05, 0.1) is 0 Å². The third-order valence-corrected chi connectivity index (χ3v) is 17.0. The second kappa shape index (κ2) is 15.5. The van der Waals surface area contributed by atoms with Crippen molar-refractivity contribution in [3.05, 3.63) is 134 Å². The van der Waals surface area contributed by atoms with Gasteiger partial charge >= 0.3 is 286 Å². The third kappa shape index (κ3) is 7.70. The van der Waals surface area contributed by atoms with Crippen LogP contribution >= 0.6 is 0 Å². The molecule has 0 aliphatic heterocycles. The van der Waals surface area contributed by atoms with Crippen LogP contribution in [0.4, 0.5) is 0 Å². The fourth-order valence-corrected chi connectivity index (χ4v) is 15.9. The summed E-state index contributed by atoms with van der Waals surface area (Å²) >= 11 is -2.87. The molecule has 0 amide bonds. The van der Waals surface area contributed by atoms with E-state index in [1.165, 1.54) is 42.2 Å². The Morgan fingerprint density at radius 2 is 1.25 bits per heavy atom. The first-order valence-electron chi connectivity index (χ1n) is 16.9. The molecule has 250 valence electrons. The van der Waals surface area contributed by atoms with E-state index in [2.05, 4.69) is 139 Å². The van der Waals surface area contributed by atoms with Crippen molar-refractivity contribution in [2.24, 2.45) is 0 Å². The molecule has 0 bridgehead atoms. The van der Waals surface area contributed by atoms with Gasteiger partial charge in [-0.25, -0.2) is 0 Å². The van der Waals surface area contributed by atoms with Crippen molar-refractivity contribution in [2.45, 2.75) is 79.1 Å². The number of rotatable bonds is 8. The van der Waals surface area contributed by atoms with Crippen molar-refractivity contribution in [3.63, 3.8) is 0 Å². The second-order valence-corrected chi connectivity index (χ2v) is 20.4. The normalized spacial score (nSPS) is 12.9. The number of allylic oxidation sites excluding steroid dienone is 4. The van der Waals surface area contributed by atoms with Crippen LogP contribution in [0.1, 0.15) is 95.2 Å². The minimum Gasteiger partial charge on any atom is -1.00 e. The van der Waals surface area contributed by atoms with Crippen molar-refractivity contribution in [1.82, 2.24) is 0 Å². The second-order valence-electron chi connectivity index (χ2n) is 14.6. The first-order valence-corrected chi connectivity index (χ1v) is 20.6. The SMILES string of the molecule is CCOc1ccc([C](c2ccc(OCC)cc2)=[Zr+2]([C]2=CC=CC2)[c]2c(C(C)(C)C)ccc3c2Cc2cc(C(C)(C)C)ccc2-3)cc1.[Cl-].[Cl-]. The Morgan fingerprint density at radius 3 is 1.73 bits per heavy atom. The predicted octanol–water partition coefficient (Wildman–Crippen LogP) is 4.01. The first-order chi connectivity index (χ1) is 22.0. The van der Waals surface area contributed by atoms with Gasteiger partial charge in [0.2, 0.25) is 0 Å². The van der Waals surface area contributed by atoms with Gasteiger partial charge in [-0.05, 0) is 0 Å². The van der Waals surface area contributed by atoms with Gasteiger partial charge in [0.1, 0.15) is 0 Å². The summed E-state index contributed by atoms with van der Waals surface area (Å²) in [5.74, 6) is 1.84. The molecule has 4 aromatic carbocycles. The molecular weight excluding hydrogens is 711 g/mol. The summed E-state index contributed by atoms with van der Waals surface area (Å²) in [6.45, 7) is 19.6. The van der Waals surface area contributed by atoms with Gasteiger partial charge in [-0.2, -0.15) is 0 Å². The average molecular weight is 759 g/mol. The fraction of sp³-hybridized carbons (Fsp3) is 0.326. The van der Waals surface area contributed by atoms with Gasteiger partial charge in [0.25, 0.3) is 0 Å². The van der Waals surface area contributed by atoms with E-state index >= 15 is 0 Å². The van der Waals surface area contributed by atoms with Crippen molar-refractivity contribution < 1.29 is 55.6 Å². The minimum atomic E-state index is -2.87. The van der Waals surface area contributed by atoms with Crippen LogP contribution in [0.5, 0.6) is 11.5 Å². The van der Waals surface area contributed by atoms with E-state index in [0.29, 0.717) is 13.2 Å². The molecular formula is C43H48Cl2O2Zr. The van der Waals surface area contributed by atoms with Crippen LogP contribution in [0.15, 0.2) is 100 Å². The molecule has 2 nitrogen and oxygen atoms in total. The fourth-order valence-electron chi connectivity index (χ4n) is 6.96. The standard InChI is InChI=1S/C21H25.C17H18O2.C5H5.2ClH.Zr/c1-20(2,3)16-7-9-18-14(12-16)11-15-13-17(21(4,5)6)8-10-19(15)18;1-3-18-16-9-5-14(6-10-16)13-15-7-11-17(12-8-15)19-4-2;1-2-4-5-3-1;;;/h7-10,12H,11H2,1-6H3;5-12H,3-4H2,1-2H3;1-3H,4H2;2*1H;/q;;;;;+2/p-2. The van der Waals surface area contributed by atoms with E-state index in [4.69, 9.17) is 9.47 Å². The average Bonchev–Trinajstić information content (AvgIpc) is 3.68. The molecule has 0 unspecified atom stereocenters. The summed E-state index contributed by atoms with van der Waals surface area (Å²) in [6.07, 6.45) is 9.12. The molecule has 0 spiro atoms. The Kier molecular flexibility index (Phi) is 12.3. The van der Waals surface area contributed by atoms with Crippen LogP contribution in [0, 0.1) is 0 Å². The van der Waals surface area contributed by atoms with Crippen LogP contribution in [-0.2, 0) is 38.5 Å². The van der Waals surface area contributed by atoms with Crippen molar-refractivity contribution >= 4 is 6.48 Å². The van der Waals surface area contributed by atoms with E-state index in [1.807, 2.05) is 13.8 Å². The summed E-state index contributed by atoms with van der Waals surface area (Å²) in [6, 6.07) is 29.9. The van der Waals surface area contributed by atoms with E-state index in [-0.39, 0.29) is 35.6 Å². The van der Waals surface area contributed by atoms with E-state index in [9.17, 15) is 0 Å². The van der Waals surface area contributed by atoms with Gasteiger partial charge < -0.3 is 24.8 Å². The van der Waals surface area contributed by atoms with Crippen molar-refractivity contribution in [1.29, 1.82) is 0 Å². The Labute approximate surface area is 308 Å². The molecule has 0 atom stereocenters. The van der Waals surface area contributed by atoms with Gasteiger partial charge in [-0.3, -0.25) is 0 Å². The molecule has 48 heavy (non-hydrogen) atoms. The first kappa shape index (κ1) is 38.1. The molecule has 0 radical (unpaired) electrons. The topological polar surface area (TPSA) is 18.5 Å². The van der Waals surface area contributed by atoms with Crippen LogP contribution in [0.3, 0.4) is 0 Å². The Morgan fingerprint density at radius 1 is 0.688 bits per heavy atom. The maximum absolute atomic E-state index is 5.90. The van der Waals surface area contributed by atoms with Crippen molar-refractivity contribution in [3.8, 4) is 22.6 Å². The molecule has 0 aromatic heterocycles. The van der Waals surface area contributed by atoms with Gasteiger partial charge in [-0.15, -0.1) is 0 Å². The van der Waals surface area contributed by atoms with Crippen LogP contribution < -0.4 is 37.6 Å². The Bertz CT molecular complexity index is 1800. The quantitative estimate of drug-likeness (QED) is 0.239. The van der Waals surface area contributed by atoms with E-state index in [1.54, 1.807) is 12.1 Å². The van der Waals surface area contributed by atoms with Crippen LogP contribution in [-0.4, -0.2) is 16.4 Å². The van der Waals surface area contributed by atoms with Gasteiger partial charge in [0, 0.05) is 0 Å². The largest absolute Gasteiger partial charge is 1.00 e. The number of ether oxygens (including phenoxy) is 2. The zero-order chi connectivity index (χ0) is 32.6. The van der Waals surface area contributed by atoms with Gasteiger partial charge in [0.15, 0.2) is 0 Å². The Hall–Kier alpha value is -2.71. The molecule has 4 aromatic rings. The number of hydrogen-bond acceptors (Lipinski definition) is 2. The molecule has 0 N–H and O–H groups in total. The summed E-state index contributed by atoms with van der Waals surface area (Å²) in [7, 11) is 0. The molecule has 6 rings (SSSR count). The molecule has 5 heteroatoms. The molecule has 0 saturated heterocycles. The monoisotopic (exact) mass is 756 g/mol. The van der Waals surface area contributed by atoms with Gasteiger partial charge in [-0.1, -0.05) is 0 Å². The Balaban J connectivity index is 0.00000260. The van der Waals surface area contributed by atoms with E-state index in [0.717, 1.165) is 24.3 Å². The summed E-state index contributed by atoms with van der Waals surface area (Å²) in [4.78, 5) is 0. The van der Waals surface area contributed by atoms with Crippen LogP contribution in [0.25, 0.3) is 11.1 Å². The minimum absolute atomic E-state index is 0. The number of fused-ring (bicyclic) bond motifs is 3. The zero-order valence-corrected chi connectivity index (χ0v) is 33.6. The predicted molar refractivity (Wildman–Crippen MR) is 192 cm³/mol. The zero-order valence-electron chi connectivity index (χ0n) is 29.6. The van der Waals surface area contributed by atoms with Crippen LogP contribution in [0.2, 0.25) is 0 Å². The smallest absolute Gasteiger partial charge is 1.00 e. The number of halogens is 2. The number of benzene rings is 4. The molecule has 0 saturated carbocycles. The molecule has 2 aliphatic rings.